The van der Waals surface area contributed by atoms with Crippen molar-refractivity contribution >= 4 is 10.7 Å². The molecule has 0 bridgehead atoms. The van der Waals surface area contributed by atoms with Gasteiger partial charge in [0.05, 0.1) is 0 Å². The molecule has 0 spiro atoms. The molecule has 16 heavy (non-hydrogen) atoms. The SMILES string of the molecule is C[SiH](C)[Ti]([CH3])([CH3])([C]1=CC=CC1)[c]1ccc[nH]1. The van der Waals surface area contributed by atoms with Crippen LogP contribution < -0.4 is 4.00 Å². The molecule has 1 aliphatic carbocycles. The molecule has 0 saturated heterocycles. The van der Waals surface area contributed by atoms with Crippen LogP contribution in [0.4, 0.5) is 0 Å². The van der Waals surface area contributed by atoms with Gasteiger partial charge in [0.2, 0.25) is 0 Å². The Balaban J connectivity index is 2.58. The molecule has 87 valence electrons. The predicted molar refractivity (Wildman–Crippen MR) is 72.9 cm³/mol. The molecule has 0 atom stereocenters. The number of hydrogen-bond donors (Lipinski definition) is 1. The van der Waals surface area contributed by atoms with Gasteiger partial charge in [-0.25, -0.2) is 0 Å². The van der Waals surface area contributed by atoms with E-state index in [4.69, 9.17) is 0 Å². The Hall–Kier alpha value is -0.309. The van der Waals surface area contributed by atoms with Gasteiger partial charge in [-0.05, 0) is 0 Å². The molecule has 1 aromatic heterocycles. The fourth-order valence-electron chi connectivity index (χ4n) is 2.68. The maximum absolute atomic E-state index is 3.53. The zero-order valence-corrected chi connectivity index (χ0v) is 13.5. The molecule has 1 N–H and O–H groups in total. The average molecular weight is 268 g/mol. The fraction of sp³-hybridized carbons (Fsp3) is 0.385. The summed E-state index contributed by atoms with van der Waals surface area (Å²) in [4.78, 5) is 3.53. The third-order valence-corrected chi connectivity index (χ3v) is 34.2. The van der Waals surface area contributed by atoms with E-state index in [1.165, 1.54) is 6.42 Å². The molecule has 0 radical (unpaired) electrons. The maximum atomic E-state index is 3.53. The van der Waals surface area contributed by atoms with Crippen molar-refractivity contribution in [3.63, 3.8) is 0 Å². The van der Waals surface area contributed by atoms with E-state index in [1.54, 1.807) is 7.88 Å². The van der Waals surface area contributed by atoms with Crippen LogP contribution in [0.5, 0.6) is 0 Å². The Morgan fingerprint density at radius 1 is 1.31 bits per heavy atom. The van der Waals surface area contributed by atoms with Crippen LogP contribution in [0.15, 0.2) is 40.4 Å². The second-order valence-electron chi connectivity index (χ2n) is 6.05. The van der Waals surface area contributed by atoms with E-state index in [0.29, 0.717) is 0 Å². The zero-order chi connectivity index (χ0) is 11.8. The van der Waals surface area contributed by atoms with Crippen LogP contribution in [0.1, 0.15) is 6.42 Å². The van der Waals surface area contributed by atoms with Crippen molar-refractivity contribution < 1.29 is 14.6 Å². The van der Waals surface area contributed by atoms with Crippen molar-refractivity contribution in [3.05, 3.63) is 40.4 Å². The van der Waals surface area contributed by atoms with Gasteiger partial charge >= 0.3 is 101 Å². The molecule has 0 fully saturated rings. The monoisotopic (exact) mass is 268 g/mol. The van der Waals surface area contributed by atoms with Crippen LogP contribution >= 0.6 is 0 Å². The predicted octanol–water partition coefficient (Wildman–Crippen LogP) is 3.25. The van der Waals surface area contributed by atoms with Gasteiger partial charge in [-0.3, -0.25) is 0 Å². The molecule has 0 aromatic carbocycles. The van der Waals surface area contributed by atoms with Gasteiger partial charge in [-0.15, -0.1) is 0 Å². The topological polar surface area (TPSA) is 15.8 Å². The van der Waals surface area contributed by atoms with Gasteiger partial charge in [0, 0.05) is 0 Å². The summed E-state index contributed by atoms with van der Waals surface area (Å²) >= 11 is -2.59. The van der Waals surface area contributed by atoms with Crippen LogP contribution in [-0.4, -0.2) is 11.6 Å². The summed E-state index contributed by atoms with van der Waals surface area (Å²) in [5, 5.41) is 5.22. The summed E-state index contributed by atoms with van der Waals surface area (Å²) in [5.74, 6) is 0. The molecular weight excluding hydrogens is 246 g/mol. The number of aromatic amines is 1. The van der Waals surface area contributed by atoms with Crippen molar-refractivity contribution in [2.75, 3.05) is 0 Å². The third kappa shape index (κ3) is 1.55. The second-order valence-corrected chi connectivity index (χ2v) is 30.5. The minimum absolute atomic E-state index is 0.709. The first-order valence-corrected chi connectivity index (χ1v) is 16.4. The summed E-state index contributed by atoms with van der Waals surface area (Å²) < 4.78 is 3.31. The summed E-state index contributed by atoms with van der Waals surface area (Å²) in [6.07, 6.45) is 10.2. The number of H-pyrrole nitrogens is 1. The zero-order valence-electron chi connectivity index (χ0n) is 10.7. The Morgan fingerprint density at radius 3 is 2.50 bits per heavy atom. The van der Waals surface area contributed by atoms with Gasteiger partial charge in [-0.2, -0.15) is 0 Å². The van der Waals surface area contributed by atoms with Crippen molar-refractivity contribution in [3.8, 4) is 0 Å². The molecule has 2 rings (SSSR count). The Labute approximate surface area is 100 Å². The van der Waals surface area contributed by atoms with Gasteiger partial charge < -0.3 is 0 Å². The molecular formula is C13H22NSiTi. The first kappa shape index (κ1) is 12.2. The number of allylic oxidation sites excluding steroid dienone is 4. The quantitative estimate of drug-likeness (QED) is 0.810. The molecule has 1 nitrogen and oxygen atoms in total. The van der Waals surface area contributed by atoms with Crippen LogP contribution in [0.25, 0.3) is 0 Å². The van der Waals surface area contributed by atoms with Crippen LogP contribution in [0.2, 0.25) is 23.6 Å². The number of hydrogen-bond acceptors (Lipinski definition) is 0. The van der Waals surface area contributed by atoms with Crippen LogP contribution in [0.3, 0.4) is 0 Å². The Morgan fingerprint density at radius 2 is 2.06 bits per heavy atom. The molecule has 1 aromatic rings. The molecule has 0 saturated carbocycles. The molecule has 0 amide bonds. The van der Waals surface area contributed by atoms with E-state index in [1.807, 2.05) is 0 Å². The number of nitrogens with one attached hydrogen (secondary N) is 1. The van der Waals surface area contributed by atoms with Gasteiger partial charge in [0.15, 0.2) is 0 Å². The third-order valence-electron chi connectivity index (χ3n) is 4.92. The van der Waals surface area contributed by atoms with E-state index in [-0.39, 0.29) is 0 Å². The van der Waals surface area contributed by atoms with E-state index < -0.39 is 21.2 Å². The Bertz CT molecular complexity index is 441. The first-order chi connectivity index (χ1) is 7.46. The van der Waals surface area contributed by atoms with Gasteiger partial charge in [-0.1, -0.05) is 0 Å². The minimum atomic E-state index is -2.59. The van der Waals surface area contributed by atoms with Crippen molar-refractivity contribution in [1.29, 1.82) is 0 Å². The number of aromatic nitrogens is 1. The molecule has 0 unspecified atom stereocenters. The van der Waals surface area contributed by atoms with Gasteiger partial charge in [0.1, 0.15) is 0 Å². The summed E-state index contributed by atoms with van der Waals surface area (Å²) in [6.45, 7) is 4.34. The standard InChI is InChI=1S/C5H5.C4H4N.C2H7Si.2CH3.Ti/c2*1-2-4-5-3-1;1-3-2;;;/h1-3H,4H2;1-3,5H;3H,1-2H3;2*1H3;. The van der Waals surface area contributed by atoms with E-state index in [9.17, 15) is 0 Å². The second kappa shape index (κ2) is 3.87. The molecule has 3 heteroatoms. The van der Waals surface area contributed by atoms with E-state index in [0.717, 1.165) is 0 Å². The first-order valence-electron chi connectivity index (χ1n) is 6.15. The van der Waals surface area contributed by atoms with E-state index >= 15 is 0 Å². The van der Waals surface area contributed by atoms with Crippen molar-refractivity contribution in [1.82, 2.24) is 4.98 Å². The van der Waals surface area contributed by atoms with Crippen LogP contribution in [0, 0.1) is 0 Å². The van der Waals surface area contributed by atoms with Crippen molar-refractivity contribution in [2.45, 2.75) is 30.0 Å². The molecule has 0 aliphatic heterocycles. The summed E-state index contributed by atoms with van der Waals surface area (Å²) in [7, 11) is 0. The Kier molecular flexibility index (Phi) is 2.94. The average Bonchev–Trinajstić information content (AvgIpc) is 2.92. The molecule has 1 heterocycles. The normalized spacial score (nSPS) is 18.6. The molecule has 1 aliphatic rings. The van der Waals surface area contributed by atoms with Crippen LogP contribution in [-0.2, 0) is 14.6 Å². The van der Waals surface area contributed by atoms with Crippen molar-refractivity contribution in [2.24, 2.45) is 0 Å². The summed E-state index contributed by atoms with van der Waals surface area (Å²) in [6, 6.07) is 4.48. The number of rotatable bonds is 3. The fourth-order valence-corrected chi connectivity index (χ4v) is 16.5. The van der Waals surface area contributed by atoms with Gasteiger partial charge in [0.25, 0.3) is 0 Å². The van der Waals surface area contributed by atoms with E-state index in [2.05, 4.69) is 65.1 Å². The summed E-state index contributed by atoms with van der Waals surface area (Å²) in [5.41, 5.74) is 0.